The van der Waals surface area contributed by atoms with Crippen LogP contribution in [0.15, 0.2) is 54.6 Å². The lowest BCUT2D eigenvalue weighted by molar-refractivity contribution is -0.117. The molecule has 176 valence electrons. The highest BCUT2D eigenvalue weighted by atomic mass is 32.1. The van der Waals surface area contributed by atoms with E-state index in [9.17, 15) is 18.8 Å². The highest BCUT2D eigenvalue weighted by Crippen LogP contribution is 2.35. The summed E-state index contributed by atoms with van der Waals surface area (Å²) in [6.45, 7) is 5.89. The van der Waals surface area contributed by atoms with E-state index in [4.69, 9.17) is 0 Å². The van der Waals surface area contributed by atoms with E-state index in [0.29, 0.717) is 42.3 Å². The SMILES string of the molecule is CC(=O)c1sc(-c2ccc(F)cc2)cc1NC(=O)CN1CCN(C(=O)c2ccc(C)cc2)CC1. The van der Waals surface area contributed by atoms with Gasteiger partial charge in [-0.05, 0) is 42.8 Å². The molecule has 0 aliphatic carbocycles. The predicted molar refractivity (Wildman–Crippen MR) is 132 cm³/mol. The molecule has 0 atom stereocenters. The lowest BCUT2D eigenvalue weighted by Gasteiger charge is -2.34. The minimum absolute atomic E-state index is 0.00166. The van der Waals surface area contributed by atoms with Gasteiger partial charge in [0.1, 0.15) is 5.82 Å². The molecule has 6 nitrogen and oxygen atoms in total. The fourth-order valence-electron chi connectivity index (χ4n) is 3.88. The Labute approximate surface area is 202 Å². The Bertz CT molecular complexity index is 1200. The Balaban J connectivity index is 1.35. The number of carbonyl (C=O) groups is 3. The van der Waals surface area contributed by atoms with Gasteiger partial charge in [-0.2, -0.15) is 0 Å². The molecule has 8 heteroatoms. The minimum atomic E-state index is -0.332. The van der Waals surface area contributed by atoms with E-state index < -0.39 is 0 Å². The van der Waals surface area contributed by atoms with Crippen LogP contribution in [0, 0.1) is 12.7 Å². The van der Waals surface area contributed by atoms with E-state index in [1.807, 2.05) is 36.1 Å². The van der Waals surface area contributed by atoms with Crippen LogP contribution in [0.25, 0.3) is 10.4 Å². The van der Waals surface area contributed by atoms with Gasteiger partial charge in [0, 0.05) is 43.5 Å². The van der Waals surface area contributed by atoms with Crippen molar-refractivity contribution in [3.63, 3.8) is 0 Å². The van der Waals surface area contributed by atoms with Crippen molar-refractivity contribution in [3.8, 4) is 10.4 Å². The summed E-state index contributed by atoms with van der Waals surface area (Å²) in [4.78, 5) is 42.6. The number of benzene rings is 2. The third-order valence-corrected chi connectivity index (χ3v) is 7.06. The van der Waals surface area contributed by atoms with E-state index in [-0.39, 0.29) is 30.0 Å². The number of Topliss-reactive ketones (excluding diaryl/α,β-unsaturated/α-hetero) is 1. The first kappa shape index (κ1) is 23.8. The number of carbonyl (C=O) groups excluding carboxylic acids is 3. The molecular weight excluding hydrogens is 453 g/mol. The third kappa shape index (κ3) is 5.58. The molecule has 1 saturated heterocycles. The second-order valence-electron chi connectivity index (χ2n) is 8.40. The van der Waals surface area contributed by atoms with Gasteiger partial charge in [-0.15, -0.1) is 11.3 Å². The molecule has 0 bridgehead atoms. The highest BCUT2D eigenvalue weighted by molar-refractivity contribution is 7.18. The number of hydrogen-bond donors (Lipinski definition) is 1. The molecule has 0 saturated carbocycles. The van der Waals surface area contributed by atoms with Gasteiger partial charge >= 0.3 is 0 Å². The number of nitrogens with one attached hydrogen (secondary N) is 1. The van der Waals surface area contributed by atoms with Crippen LogP contribution in [0.3, 0.4) is 0 Å². The van der Waals surface area contributed by atoms with Crippen LogP contribution >= 0.6 is 11.3 Å². The van der Waals surface area contributed by atoms with Gasteiger partial charge in [-0.1, -0.05) is 29.8 Å². The van der Waals surface area contributed by atoms with Crippen LogP contribution in [0.4, 0.5) is 10.1 Å². The Morgan fingerprint density at radius 1 is 0.971 bits per heavy atom. The second kappa shape index (κ2) is 10.3. The second-order valence-corrected chi connectivity index (χ2v) is 9.45. The zero-order valence-electron chi connectivity index (χ0n) is 19.1. The summed E-state index contributed by atoms with van der Waals surface area (Å²) in [5, 5.41) is 2.86. The van der Waals surface area contributed by atoms with E-state index >= 15 is 0 Å². The van der Waals surface area contributed by atoms with Crippen molar-refractivity contribution in [1.82, 2.24) is 9.80 Å². The molecule has 1 N–H and O–H groups in total. The van der Waals surface area contributed by atoms with Crippen molar-refractivity contribution < 1.29 is 18.8 Å². The van der Waals surface area contributed by atoms with Gasteiger partial charge < -0.3 is 10.2 Å². The normalized spacial score (nSPS) is 14.1. The van der Waals surface area contributed by atoms with Crippen LogP contribution in [0.1, 0.15) is 32.5 Å². The Morgan fingerprint density at radius 2 is 1.62 bits per heavy atom. The molecule has 2 amide bonds. The number of amides is 2. The quantitative estimate of drug-likeness (QED) is 0.530. The molecule has 2 aromatic carbocycles. The van der Waals surface area contributed by atoms with Crippen molar-refractivity contribution in [3.05, 3.63) is 76.4 Å². The third-order valence-electron chi connectivity index (χ3n) is 5.78. The lowest BCUT2D eigenvalue weighted by atomic mass is 10.1. The minimum Gasteiger partial charge on any atom is -0.336 e. The average Bonchev–Trinajstić information content (AvgIpc) is 3.24. The molecule has 2 heterocycles. The lowest BCUT2D eigenvalue weighted by Crippen LogP contribution is -2.50. The maximum absolute atomic E-state index is 13.2. The first-order valence-electron chi connectivity index (χ1n) is 11.1. The van der Waals surface area contributed by atoms with E-state index in [2.05, 4.69) is 5.32 Å². The Kier molecular flexibility index (Phi) is 7.19. The number of aryl methyl sites for hydroxylation is 1. The number of rotatable bonds is 6. The van der Waals surface area contributed by atoms with Crippen molar-refractivity contribution in [2.24, 2.45) is 0 Å². The van der Waals surface area contributed by atoms with E-state index in [0.717, 1.165) is 16.0 Å². The summed E-state index contributed by atoms with van der Waals surface area (Å²) in [7, 11) is 0. The van der Waals surface area contributed by atoms with E-state index in [1.54, 1.807) is 23.1 Å². The van der Waals surface area contributed by atoms with E-state index in [1.165, 1.54) is 30.4 Å². The summed E-state index contributed by atoms with van der Waals surface area (Å²) in [6.07, 6.45) is 0. The molecule has 1 aliphatic rings. The summed E-state index contributed by atoms with van der Waals surface area (Å²) in [6, 6.07) is 15.3. The largest absolute Gasteiger partial charge is 0.336 e. The molecule has 34 heavy (non-hydrogen) atoms. The van der Waals surface area contributed by atoms with Crippen molar-refractivity contribution in [2.45, 2.75) is 13.8 Å². The zero-order valence-corrected chi connectivity index (χ0v) is 20.0. The van der Waals surface area contributed by atoms with Gasteiger partial charge in [0.15, 0.2) is 5.78 Å². The Hall–Kier alpha value is -3.36. The molecule has 3 aromatic rings. The van der Waals surface area contributed by atoms with Crippen LogP contribution in [-0.2, 0) is 4.79 Å². The molecule has 1 fully saturated rings. The highest BCUT2D eigenvalue weighted by Gasteiger charge is 2.24. The molecule has 0 radical (unpaired) electrons. The smallest absolute Gasteiger partial charge is 0.253 e. The number of thiophene rings is 1. The van der Waals surface area contributed by atoms with Crippen molar-refractivity contribution in [1.29, 1.82) is 0 Å². The number of ketones is 1. The fourth-order valence-corrected chi connectivity index (χ4v) is 4.90. The molecule has 1 aromatic heterocycles. The van der Waals surface area contributed by atoms with Gasteiger partial charge in [0.25, 0.3) is 5.91 Å². The van der Waals surface area contributed by atoms with Gasteiger partial charge in [0.2, 0.25) is 5.91 Å². The zero-order chi connectivity index (χ0) is 24.2. The van der Waals surface area contributed by atoms with Crippen molar-refractivity contribution in [2.75, 3.05) is 38.0 Å². The van der Waals surface area contributed by atoms with Gasteiger partial charge in [-0.3, -0.25) is 19.3 Å². The molecular formula is C26H26FN3O3S. The first-order valence-corrected chi connectivity index (χ1v) is 11.9. The van der Waals surface area contributed by atoms with Crippen molar-refractivity contribution >= 4 is 34.6 Å². The number of halogens is 1. The molecule has 0 unspecified atom stereocenters. The maximum Gasteiger partial charge on any atom is 0.253 e. The van der Waals surface area contributed by atoms with Gasteiger partial charge in [-0.25, -0.2) is 4.39 Å². The Morgan fingerprint density at radius 3 is 2.24 bits per heavy atom. The van der Waals surface area contributed by atoms with Crippen LogP contribution in [0.2, 0.25) is 0 Å². The summed E-state index contributed by atoms with van der Waals surface area (Å²) < 4.78 is 13.2. The predicted octanol–water partition coefficient (Wildman–Crippen LogP) is 4.46. The number of anilines is 1. The first-order chi connectivity index (χ1) is 16.3. The molecule has 4 rings (SSSR count). The van der Waals surface area contributed by atoms with Gasteiger partial charge in [0.05, 0.1) is 17.1 Å². The summed E-state index contributed by atoms with van der Waals surface area (Å²) in [5.41, 5.74) is 3.03. The van der Waals surface area contributed by atoms with Crippen LogP contribution in [0.5, 0.6) is 0 Å². The maximum atomic E-state index is 13.2. The average molecular weight is 480 g/mol. The van der Waals surface area contributed by atoms with Crippen LogP contribution in [-0.4, -0.2) is 60.1 Å². The summed E-state index contributed by atoms with van der Waals surface area (Å²) in [5.74, 6) is -0.691. The molecule has 1 aliphatic heterocycles. The fraction of sp³-hybridized carbons (Fsp3) is 0.269. The monoisotopic (exact) mass is 479 g/mol. The standard InChI is InChI=1S/C26H26FN3O3S/c1-17-3-5-20(6-4-17)26(33)30-13-11-29(12-14-30)16-24(32)28-22-15-23(34-25(22)18(2)31)19-7-9-21(27)10-8-19/h3-10,15H,11-14,16H2,1-2H3,(H,28,32). The number of hydrogen-bond acceptors (Lipinski definition) is 5. The molecule has 0 spiro atoms. The number of nitrogens with zero attached hydrogens (tertiary/aromatic N) is 2. The van der Waals surface area contributed by atoms with Crippen LogP contribution < -0.4 is 5.32 Å². The summed E-state index contributed by atoms with van der Waals surface area (Å²) >= 11 is 1.27. The number of piperazine rings is 1. The topological polar surface area (TPSA) is 69.7 Å².